The molecular weight excluding hydrogens is 217 g/mol. The molecule has 1 fully saturated rings. The van der Waals surface area contributed by atoms with E-state index in [0.717, 1.165) is 6.42 Å². The molecule has 0 saturated heterocycles. The highest BCUT2D eigenvalue weighted by Crippen LogP contribution is 2.23. The molecule has 0 aromatic heterocycles. The SMILES string of the molecule is CC1CCCCC1NC(=O)c1ccc(F)cc1. The van der Waals surface area contributed by atoms with Crippen LogP contribution in [0.15, 0.2) is 24.3 Å². The monoisotopic (exact) mass is 235 g/mol. The highest BCUT2D eigenvalue weighted by Gasteiger charge is 2.23. The third kappa shape index (κ3) is 3.05. The van der Waals surface area contributed by atoms with Gasteiger partial charge in [0, 0.05) is 11.6 Å². The molecule has 1 aromatic rings. The van der Waals surface area contributed by atoms with E-state index in [4.69, 9.17) is 0 Å². The van der Waals surface area contributed by atoms with Crippen LogP contribution in [0.3, 0.4) is 0 Å². The van der Waals surface area contributed by atoms with E-state index < -0.39 is 0 Å². The van der Waals surface area contributed by atoms with E-state index >= 15 is 0 Å². The molecule has 3 heteroatoms. The Bertz CT molecular complexity index is 388. The van der Waals surface area contributed by atoms with Gasteiger partial charge in [-0.15, -0.1) is 0 Å². The summed E-state index contributed by atoms with van der Waals surface area (Å²) in [5.41, 5.74) is 0.532. The van der Waals surface area contributed by atoms with Gasteiger partial charge in [-0.2, -0.15) is 0 Å². The van der Waals surface area contributed by atoms with Gasteiger partial charge < -0.3 is 5.32 Å². The quantitative estimate of drug-likeness (QED) is 0.838. The van der Waals surface area contributed by atoms with Crippen LogP contribution in [0, 0.1) is 11.7 Å². The van der Waals surface area contributed by atoms with Crippen LogP contribution in [0.25, 0.3) is 0 Å². The molecule has 1 aliphatic carbocycles. The minimum Gasteiger partial charge on any atom is -0.349 e. The molecule has 1 aliphatic rings. The van der Waals surface area contributed by atoms with Crippen molar-refractivity contribution in [1.29, 1.82) is 0 Å². The normalized spacial score (nSPS) is 24.4. The fourth-order valence-corrected chi connectivity index (χ4v) is 2.38. The van der Waals surface area contributed by atoms with Crippen LogP contribution in [0.1, 0.15) is 43.0 Å². The van der Waals surface area contributed by atoms with E-state index in [1.807, 2.05) is 0 Å². The van der Waals surface area contributed by atoms with Crippen LogP contribution in [0.2, 0.25) is 0 Å². The van der Waals surface area contributed by atoms with Crippen LogP contribution in [-0.4, -0.2) is 11.9 Å². The summed E-state index contributed by atoms with van der Waals surface area (Å²) in [5.74, 6) is 0.129. The second-order valence-corrected chi connectivity index (χ2v) is 4.85. The third-order valence-corrected chi connectivity index (χ3v) is 3.53. The van der Waals surface area contributed by atoms with Gasteiger partial charge in [0.15, 0.2) is 0 Å². The number of amides is 1. The lowest BCUT2D eigenvalue weighted by Crippen LogP contribution is -2.41. The Morgan fingerprint density at radius 1 is 1.24 bits per heavy atom. The predicted molar refractivity (Wildman–Crippen MR) is 65.3 cm³/mol. The molecule has 17 heavy (non-hydrogen) atoms. The van der Waals surface area contributed by atoms with Crippen LogP contribution in [-0.2, 0) is 0 Å². The highest BCUT2D eigenvalue weighted by atomic mass is 19.1. The molecule has 0 heterocycles. The van der Waals surface area contributed by atoms with Crippen molar-refractivity contribution in [2.24, 2.45) is 5.92 Å². The molecule has 92 valence electrons. The zero-order valence-electron chi connectivity index (χ0n) is 10.1. The lowest BCUT2D eigenvalue weighted by atomic mass is 9.86. The summed E-state index contributed by atoms with van der Waals surface area (Å²) in [6, 6.07) is 5.95. The first kappa shape index (κ1) is 12.1. The van der Waals surface area contributed by atoms with E-state index in [0.29, 0.717) is 11.5 Å². The summed E-state index contributed by atoms with van der Waals surface area (Å²) >= 11 is 0. The number of halogens is 1. The molecule has 0 aliphatic heterocycles. The number of hydrogen-bond donors (Lipinski definition) is 1. The van der Waals surface area contributed by atoms with Crippen LogP contribution >= 0.6 is 0 Å². The average Bonchev–Trinajstić information content (AvgIpc) is 2.33. The standard InChI is InChI=1S/C14H18FNO/c1-10-4-2-3-5-13(10)16-14(17)11-6-8-12(15)9-7-11/h6-10,13H,2-5H2,1H3,(H,16,17). The van der Waals surface area contributed by atoms with Gasteiger partial charge in [-0.25, -0.2) is 4.39 Å². The highest BCUT2D eigenvalue weighted by molar-refractivity contribution is 5.94. The molecule has 1 amide bonds. The first-order chi connectivity index (χ1) is 8.16. The summed E-state index contributed by atoms with van der Waals surface area (Å²) in [6.45, 7) is 2.18. The molecule has 0 bridgehead atoms. The van der Waals surface area contributed by atoms with Crippen molar-refractivity contribution in [2.45, 2.75) is 38.6 Å². The molecule has 2 atom stereocenters. The smallest absolute Gasteiger partial charge is 0.251 e. The Kier molecular flexibility index (Phi) is 3.77. The Labute approximate surface area is 101 Å². The summed E-state index contributed by atoms with van der Waals surface area (Å²) in [7, 11) is 0. The van der Waals surface area contributed by atoms with Crippen molar-refractivity contribution in [2.75, 3.05) is 0 Å². The zero-order chi connectivity index (χ0) is 12.3. The Morgan fingerprint density at radius 2 is 1.88 bits per heavy atom. The van der Waals surface area contributed by atoms with Gasteiger partial charge in [-0.05, 0) is 43.0 Å². The Morgan fingerprint density at radius 3 is 2.53 bits per heavy atom. The van der Waals surface area contributed by atoms with Gasteiger partial charge in [-0.3, -0.25) is 4.79 Å². The van der Waals surface area contributed by atoms with Gasteiger partial charge in [-0.1, -0.05) is 19.8 Å². The number of carbonyl (C=O) groups excluding carboxylic acids is 1. The van der Waals surface area contributed by atoms with Crippen molar-refractivity contribution < 1.29 is 9.18 Å². The Balaban J connectivity index is 1.98. The molecule has 2 rings (SSSR count). The summed E-state index contributed by atoms with van der Waals surface area (Å²) in [6.07, 6.45) is 4.66. The zero-order valence-corrected chi connectivity index (χ0v) is 10.1. The molecule has 1 aromatic carbocycles. The van der Waals surface area contributed by atoms with Crippen molar-refractivity contribution in [3.63, 3.8) is 0 Å². The van der Waals surface area contributed by atoms with E-state index in [-0.39, 0.29) is 17.8 Å². The van der Waals surface area contributed by atoms with Gasteiger partial charge in [0.05, 0.1) is 0 Å². The summed E-state index contributed by atoms with van der Waals surface area (Å²) in [5, 5.41) is 3.04. The molecular formula is C14H18FNO. The van der Waals surface area contributed by atoms with Gasteiger partial charge in [0.2, 0.25) is 0 Å². The van der Waals surface area contributed by atoms with Crippen molar-refractivity contribution in [3.05, 3.63) is 35.6 Å². The second-order valence-electron chi connectivity index (χ2n) is 4.85. The third-order valence-electron chi connectivity index (χ3n) is 3.53. The van der Waals surface area contributed by atoms with Crippen molar-refractivity contribution in [1.82, 2.24) is 5.32 Å². The first-order valence-electron chi connectivity index (χ1n) is 6.23. The number of benzene rings is 1. The molecule has 2 unspecified atom stereocenters. The molecule has 2 nitrogen and oxygen atoms in total. The van der Waals surface area contributed by atoms with Crippen LogP contribution in [0.5, 0.6) is 0 Å². The fourth-order valence-electron chi connectivity index (χ4n) is 2.38. The number of rotatable bonds is 2. The second kappa shape index (κ2) is 5.30. The number of hydrogen-bond acceptors (Lipinski definition) is 1. The minimum atomic E-state index is -0.312. The van der Waals surface area contributed by atoms with E-state index in [2.05, 4.69) is 12.2 Å². The maximum Gasteiger partial charge on any atom is 0.251 e. The predicted octanol–water partition coefficient (Wildman–Crippen LogP) is 3.13. The Hall–Kier alpha value is -1.38. The van der Waals surface area contributed by atoms with Gasteiger partial charge >= 0.3 is 0 Å². The van der Waals surface area contributed by atoms with Crippen molar-refractivity contribution >= 4 is 5.91 Å². The largest absolute Gasteiger partial charge is 0.349 e. The maximum absolute atomic E-state index is 12.7. The van der Waals surface area contributed by atoms with E-state index in [1.54, 1.807) is 0 Å². The molecule has 0 radical (unpaired) electrons. The van der Waals surface area contributed by atoms with E-state index in [1.165, 1.54) is 43.5 Å². The average molecular weight is 235 g/mol. The van der Waals surface area contributed by atoms with Crippen LogP contribution in [0.4, 0.5) is 4.39 Å². The molecule has 0 spiro atoms. The lowest BCUT2D eigenvalue weighted by molar-refractivity contribution is 0.0910. The van der Waals surface area contributed by atoms with Gasteiger partial charge in [0.1, 0.15) is 5.82 Å². The lowest BCUT2D eigenvalue weighted by Gasteiger charge is -2.29. The van der Waals surface area contributed by atoms with Crippen LogP contribution < -0.4 is 5.32 Å². The van der Waals surface area contributed by atoms with Gasteiger partial charge in [0.25, 0.3) is 5.91 Å². The number of nitrogens with one attached hydrogen (secondary N) is 1. The van der Waals surface area contributed by atoms with Crippen molar-refractivity contribution in [3.8, 4) is 0 Å². The summed E-state index contributed by atoms with van der Waals surface area (Å²) < 4.78 is 12.7. The minimum absolute atomic E-state index is 0.0937. The molecule has 1 N–H and O–H groups in total. The topological polar surface area (TPSA) is 29.1 Å². The van der Waals surface area contributed by atoms with E-state index in [9.17, 15) is 9.18 Å². The fraction of sp³-hybridized carbons (Fsp3) is 0.500. The number of carbonyl (C=O) groups is 1. The first-order valence-corrected chi connectivity index (χ1v) is 6.23. The summed E-state index contributed by atoms with van der Waals surface area (Å²) in [4.78, 5) is 11.9. The maximum atomic E-state index is 12.7. The molecule has 1 saturated carbocycles.